The smallest absolute Gasteiger partial charge is 0.0652 e. The highest BCUT2D eigenvalue weighted by molar-refractivity contribution is 5.82. The number of aliphatic hydroxyl groups is 1. The van der Waals surface area contributed by atoms with Crippen molar-refractivity contribution in [1.29, 1.82) is 0 Å². The molecule has 0 aliphatic rings. The van der Waals surface area contributed by atoms with Crippen molar-refractivity contribution in [3.8, 4) is 0 Å². The number of benzene rings is 3. The Labute approximate surface area is 154 Å². The summed E-state index contributed by atoms with van der Waals surface area (Å²) >= 11 is 0. The summed E-state index contributed by atoms with van der Waals surface area (Å²) in [4.78, 5) is 2.02. The van der Waals surface area contributed by atoms with Crippen LogP contribution in [0, 0.1) is 0 Å². The Hall–Kier alpha value is -3.11. The molecule has 3 aromatic rings. The monoisotopic (exact) mass is 345 g/mol. The van der Waals surface area contributed by atoms with E-state index in [9.17, 15) is 0 Å². The van der Waals surface area contributed by atoms with Crippen LogP contribution in [0.25, 0.3) is 0 Å². The van der Waals surface area contributed by atoms with Gasteiger partial charge in [0.2, 0.25) is 0 Å². The van der Waals surface area contributed by atoms with Gasteiger partial charge in [-0.1, -0.05) is 48.5 Å². The number of hydrazone groups is 1. The molecule has 0 bridgehead atoms. The molecule has 0 aromatic heterocycles. The lowest BCUT2D eigenvalue weighted by Crippen LogP contribution is -2.20. The van der Waals surface area contributed by atoms with Crippen LogP contribution in [0.4, 0.5) is 17.1 Å². The van der Waals surface area contributed by atoms with E-state index >= 15 is 0 Å². The summed E-state index contributed by atoms with van der Waals surface area (Å²) in [7, 11) is 1.96. The average molecular weight is 345 g/mol. The predicted molar refractivity (Wildman–Crippen MR) is 109 cm³/mol. The molecule has 0 heterocycles. The SMILES string of the molecule is CN(CCO)c1ccc(/C=N/N(c2ccccc2)c2ccccc2)cc1. The van der Waals surface area contributed by atoms with E-state index in [0.29, 0.717) is 6.54 Å². The zero-order chi connectivity index (χ0) is 18.2. The molecule has 0 unspecified atom stereocenters. The summed E-state index contributed by atoms with van der Waals surface area (Å²) in [5.74, 6) is 0. The molecule has 0 saturated carbocycles. The van der Waals surface area contributed by atoms with Gasteiger partial charge in [0.1, 0.15) is 0 Å². The van der Waals surface area contributed by atoms with E-state index in [1.165, 1.54) is 0 Å². The van der Waals surface area contributed by atoms with Crippen LogP contribution >= 0.6 is 0 Å². The normalized spacial score (nSPS) is 10.8. The molecular weight excluding hydrogens is 322 g/mol. The van der Waals surface area contributed by atoms with Crippen LogP contribution in [0.5, 0.6) is 0 Å². The third kappa shape index (κ3) is 4.49. The first-order chi connectivity index (χ1) is 12.8. The minimum absolute atomic E-state index is 0.142. The van der Waals surface area contributed by atoms with E-state index in [1.807, 2.05) is 108 Å². The summed E-state index contributed by atoms with van der Waals surface area (Å²) in [5.41, 5.74) is 4.10. The zero-order valence-corrected chi connectivity index (χ0v) is 14.9. The average Bonchev–Trinajstić information content (AvgIpc) is 2.70. The fourth-order valence-corrected chi connectivity index (χ4v) is 2.64. The van der Waals surface area contributed by atoms with E-state index in [-0.39, 0.29) is 6.61 Å². The van der Waals surface area contributed by atoms with Gasteiger partial charge < -0.3 is 10.0 Å². The third-order valence-corrected chi connectivity index (χ3v) is 4.09. The minimum Gasteiger partial charge on any atom is -0.395 e. The third-order valence-electron chi connectivity index (χ3n) is 4.09. The Morgan fingerprint density at radius 2 is 1.31 bits per heavy atom. The lowest BCUT2D eigenvalue weighted by Gasteiger charge is -2.19. The summed E-state index contributed by atoms with van der Waals surface area (Å²) in [6, 6.07) is 28.3. The molecule has 4 nitrogen and oxygen atoms in total. The lowest BCUT2D eigenvalue weighted by atomic mass is 10.2. The molecule has 26 heavy (non-hydrogen) atoms. The molecule has 3 aromatic carbocycles. The summed E-state index contributed by atoms with van der Waals surface area (Å²) in [6.45, 7) is 0.756. The number of rotatable bonds is 7. The van der Waals surface area contributed by atoms with Gasteiger partial charge in [0.25, 0.3) is 0 Å². The van der Waals surface area contributed by atoms with Gasteiger partial charge >= 0.3 is 0 Å². The first-order valence-corrected chi connectivity index (χ1v) is 8.64. The van der Waals surface area contributed by atoms with Crippen molar-refractivity contribution in [1.82, 2.24) is 0 Å². The standard InChI is InChI=1S/C22H23N3O/c1-24(16-17-26)20-14-12-19(13-15-20)18-23-25(21-8-4-2-5-9-21)22-10-6-3-7-11-22/h2-15,18,26H,16-17H2,1H3/b23-18+. The van der Waals surface area contributed by atoms with Crippen molar-refractivity contribution in [2.75, 3.05) is 30.1 Å². The van der Waals surface area contributed by atoms with Crippen molar-refractivity contribution in [2.45, 2.75) is 0 Å². The van der Waals surface area contributed by atoms with Crippen LogP contribution in [0.3, 0.4) is 0 Å². The molecule has 1 N–H and O–H groups in total. The van der Waals surface area contributed by atoms with E-state index in [2.05, 4.69) is 0 Å². The Kier molecular flexibility index (Phi) is 6.01. The Morgan fingerprint density at radius 3 is 1.81 bits per heavy atom. The van der Waals surface area contributed by atoms with E-state index in [0.717, 1.165) is 22.6 Å². The van der Waals surface area contributed by atoms with Gasteiger partial charge in [0.05, 0.1) is 24.2 Å². The van der Waals surface area contributed by atoms with Gasteiger partial charge in [-0.2, -0.15) is 5.10 Å². The molecule has 3 rings (SSSR count). The van der Waals surface area contributed by atoms with E-state index < -0.39 is 0 Å². The Morgan fingerprint density at radius 1 is 0.769 bits per heavy atom. The van der Waals surface area contributed by atoms with Gasteiger partial charge in [0.15, 0.2) is 0 Å². The maximum absolute atomic E-state index is 9.05. The highest BCUT2D eigenvalue weighted by Crippen LogP contribution is 2.25. The second kappa shape index (κ2) is 8.83. The predicted octanol–water partition coefficient (Wildman–Crippen LogP) is 4.29. The molecule has 0 saturated heterocycles. The number of hydrogen-bond acceptors (Lipinski definition) is 4. The fourth-order valence-electron chi connectivity index (χ4n) is 2.64. The number of likely N-dealkylation sites (N-methyl/N-ethyl adjacent to an activating group) is 1. The number of aliphatic hydroxyl groups excluding tert-OH is 1. The second-order valence-corrected chi connectivity index (χ2v) is 5.96. The Bertz CT molecular complexity index is 778. The number of anilines is 3. The second-order valence-electron chi connectivity index (χ2n) is 5.96. The van der Waals surface area contributed by atoms with Crippen LogP contribution in [-0.4, -0.2) is 31.5 Å². The highest BCUT2D eigenvalue weighted by Gasteiger charge is 2.06. The van der Waals surface area contributed by atoms with Crippen molar-refractivity contribution >= 4 is 23.3 Å². The Balaban J connectivity index is 1.83. The van der Waals surface area contributed by atoms with Gasteiger partial charge in [-0.25, -0.2) is 5.01 Å². The largest absolute Gasteiger partial charge is 0.395 e. The quantitative estimate of drug-likeness (QED) is 0.513. The van der Waals surface area contributed by atoms with Crippen LogP contribution in [0.1, 0.15) is 5.56 Å². The molecule has 0 aliphatic carbocycles. The maximum Gasteiger partial charge on any atom is 0.0652 e. The first kappa shape index (κ1) is 17.7. The molecular formula is C22H23N3O. The highest BCUT2D eigenvalue weighted by atomic mass is 16.3. The molecule has 0 atom stereocenters. The van der Waals surface area contributed by atoms with Crippen molar-refractivity contribution in [2.24, 2.45) is 5.10 Å². The molecule has 0 aliphatic heterocycles. The van der Waals surface area contributed by atoms with E-state index in [4.69, 9.17) is 10.2 Å². The van der Waals surface area contributed by atoms with Gasteiger partial charge in [-0.15, -0.1) is 0 Å². The summed E-state index contributed by atoms with van der Waals surface area (Å²) < 4.78 is 0. The fraction of sp³-hybridized carbons (Fsp3) is 0.136. The van der Waals surface area contributed by atoms with Crippen LogP contribution in [0.2, 0.25) is 0 Å². The van der Waals surface area contributed by atoms with Crippen LogP contribution < -0.4 is 9.91 Å². The van der Waals surface area contributed by atoms with Gasteiger partial charge in [-0.3, -0.25) is 0 Å². The van der Waals surface area contributed by atoms with E-state index in [1.54, 1.807) is 0 Å². The lowest BCUT2D eigenvalue weighted by molar-refractivity contribution is 0.304. The van der Waals surface area contributed by atoms with Crippen molar-refractivity contribution < 1.29 is 5.11 Å². The summed E-state index contributed by atoms with van der Waals surface area (Å²) in [5, 5.41) is 15.7. The topological polar surface area (TPSA) is 39.1 Å². The zero-order valence-electron chi connectivity index (χ0n) is 14.9. The van der Waals surface area contributed by atoms with Crippen molar-refractivity contribution in [3.05, 3.63) is 90.5 Å². The van der Waals surface area contributed by atoms with Crippen LogP contribution in [0.15, 0.2) is 90.0 Å². The molecule has 4 heteroatoms. The molecule has 0 spiro atoms. The molecule has 0 fully saturated rings. The number of para-hydroxylation sites is 2. The summed E-state index contributed by atoms with van der Waals surface area (Å²) in [6.07, 6.45) is 1.86. The number of nitrogens with zero attached hydrogens (tertiary/aromatic N) is 3. The van der Waals surface area contributed by atoms with Gasteiger partial charge in [-0.05, 0) is 42.0 Å². The number of hydrogen-bond donors (Lipinski definition) is 1. The first-order valence-electron chi connectivity index (χ1n) is 8.64. The molecule has 0 amide bonds. The van der Waals surface area contributed by atoms with Gasteiger partial charge in [0, 0.05) is 19.3 Å². The van der Waals surface area contributed by atoms with Crippen molar-refractivity contribution in [3.63, 3.8) is 0 Å². The maximum atomic E-state index is 9.05. The minimum atomic E-state index is 0.142. The van der Waals surface area contributed by atoms with Crippen LogP contribution in [-0.2, 0) is 0 Å². The molecule has 132 valence electrons. The molecule has 0 radical (unpaired) electrons.